The van der Waals surface area contributed by atoms with Crippen molar-refractivity contribution in [2.45, 2.75) is 31.8 Å². The van der Waals surface area contributed by atoms with Crippen LogP contribution < -0.4 is 0 Å². The van der Waals surface area contributed by atoms with Gasteiger partial charge >= 0.3 is 5.97 Å². The average molecular weight is 342 g/mol. The number of hydrogen-bond acceptors (Lipinski definition) is 7. The maximum atomic E-state index is 11.8. The lowest BCUT2D eigenvalue weighted by Gasteiger charge is -2.30. The second-order valence-corrected chi connectivity index (χ2v) is 5.91. The summed E-state index contributed by atoms with van der Waals surface area (Å²) >= 11 is 0. The van der Waals surface area contributed by atoms with Crippen molar-refractivity contribution in [2.24, 2.45) is 5.16 Å². The molecule has 0 N–H and O–H groups in total. The van der Waals surface area contributed by atoms with Crippen molar-refractivity contribution < 1.29 is 23.8 Å². The van der Waals surface area contributed by atoms with Crippen LogP contribution >= 0.6 is 0 Å². The van der Waals surface area contributed by atoms with Crippen LogP contribution in [-0.4, -0.2) is 30.4 Å². The standard InChI is InChI=1S/C18H18N2O5/c1-3-23-16(21)14-8-9-18(25-20-14)15-12(17(22-2)24-18)10-11-6-4-5-7-13(11)19-15/h4-7,10,17H,3,8-9H2,1-2H3/t17-,18+/m0/s1. The molecule has 2 aromatic rings. The number of oxime groups is 1. The lowest BCUT2D eigenvalue weighted by molar-refractivity contribution is -0.306. The van der Waals surface area contributed by atoms with E-state index in [9.17, 15) is 4.79 Å². The smallest absolute Gasteiger partial charge is 0.356 e. The van der Waals surface area contributed by atoms with E-state index in [4.69, 9.17) is 24.0 Å². The molecule has 0 saturated heterocycles. The van der Waals surface area contributed by atoms with E-state index in [0.29, 0.717) is 25.1 Å². The van der Waals surface area contributed by atoms with Gasteiger partial charge in [-0.25, -0.2) is 9.78 Å². The van der Waals surface area contributed by atoms with Gasteiger partial charge in [0.15, 0.2) is 12.0 Å². The molecular weight excluding hydrogens is 324 g/mol. The maximum Gasteiger partial charge on any atom is 0.356 e. The SMILES string of the molecule is CCOC(=O)C1=NO[C@@]2(CC1)O[C@H](OC)c1cc3ccccc3nc12. The number of pyridine rings is 1. The second kappa shape index (κ2) is 6.09. The molecule has 0 unspecified atom stereocenters. The van der Waals surface area contributed by atoms with Gasteiger partial charge in [0.05, 0.1) is 12.1 Å². The predicted molar refractivity (Wildman–Crippen MR) is 88.6 cm³/mol. The van der Waals surface area contributed by atoms with E-state index < -0.39 is 18.0 Å². The Kier molecular flexibility index (Phi) is 3.89. The number of para-hydroxylation sites is 1. The highest BCUT2D eigenvalue weighted by molar-refractivity contribution is 6.36. The number of nitrogens with zero attached hydrogens (tertiary/aromatic N) is 2. The highest BCUT2D eigenvalue weighted by Gasteiger charge is 2.52. The molecule has 2 atom stereocenters. The van der Waals surface area contributed by atoms with E-state index in [-0.39, 0.29) is 5.71 Å². The molecule has 1 aromatic heterocycles. The van der Waals surface area contributed by atoms with Crippen LogP contribution in [0.2, 0.25) is 0 Å². The Morgan fingerprint density at radius 3 is 2.96 bits per heavy atom. The Morgan fingerprint density at radius 2 is 2.24 bits per heavy atom. The minimum absolute atomic E-state index is 0.249. The largest absolute Gasteiger partial charge is 0.461 e. The molecule has 0 bridgehead atoms. The number of methoxy groups -OCH3 is 1. The van der Waals surface area contributed by atoms with Crippen molar-refractivity contribution in [3.05, 3.63) is 41.6 Å². The van der Waals surface area contributed by atoms with Crippen LogP contribution in [0.1, 0.15) is 37.3 Å². The zero-order chi connectivity index (χ0) is 17.4. The quantitative estimate of drug-likeness (QED) is 0.798. The lowest BCUT2D eigenvalue weighted by Crippen LogP contribution is -2.35. The van der Waals surface area contributed by atoms with Gasteiger partial charge in [0.25, 0.3) is 5.79 Å². The predicted octanol–water partition coefficient (Wildman–Crippen LogP) is 2.79. The monoisotopic (exact) mass is 342 g/mol. The average Bonchev–Trinajstić information content (AvgIpc) is 2.93. The Hall–Kier alpha value is -2.51. The minimum Gasteiger partial charge on any atom is -0.461 e. The van der Waals surface area contributed by atoms with Crippen LogP contribution in [0.25, 0.3) is 10.9 Å². The summed E-state index contributed by atoms with van der Waals surface area (Å²) in [4.78, 5) is 22.2. The Bertz CT molecular complexity index is 866. The molecule has 0 fully saturated rings. The molecule has 0 saturated carbocycles. The van der Waals surface area contributed by atoms with Gasteiger partial charge < -0.3 is 14.3 Å². The van der Waals surface area contributed by atoms with Crippen molar-refractivity contribution in [1.29, 1.82) is 0 Å². The molecule has 3 heterocycles. The van der Waals surface area contributed by atoms with Crippen molar-refractivity contribution in [1.82, 2.24) is 4.98 Å². The van der Waals surface area contributed by atoms with Gasteiger partial charge in [-0.15, -0.1) is 0 Å². The summed E-state index contributed by atoms with van der Waals surface area (Å²) in [6.07, 6.45) is 0.193. The summed E-state index contributed by atoms with van der Waals surface area (Å²) in [6, 6.07) is 9.79. The molecule has 1 aromatic carbocycles. The molecule has 0 amide bonds. The normalized spacial score (nSPS) is 24.7. The second-order valence-electron chi connectivity index (χ2n) is 5.91. The molecule has 2 aliphatic rings. The Balaban J connectivity index is 1.74. The van der Waals surface area contributed by atoms with Gasteiger partial charge in [-0.1, -0.05) is 23.4 Å². The molecule has 0 aliphatic carbocycles. The van der Waals surface area contributed by atoms with Crippen molar-refractivity contribution in [2.75, 3.05) is 13.7 Å². The topological polar surface area (TPSA) is 79.2 Å². The molecule has 7 nitrogen and oxygen atoms in total. The number of carbonyl (C=O) groups excluding carboxylic acids is 1. The van der Waals surface area contributed by atoms with E-state index in [1.54, 1.807) is 14.0 Å². The summed E-state index contributed by atoms with van der Waals surface area (Å²) in [5.74, 6) is -1.61. The van der Waals surface area contributed by atoms with Gasteiger partial charge in [-0.05, 0) is 19.1 Å². The zero-order valence-corrected chi connectivity index (χ0v) is 14.0. The molecule has 0 radical (unpaired) electrons. The summed E-state index contributed by atoms with van der Waals surface area (Å²) in [7, 11) is 1.57. The fourth-order valence-electron chi connectivity index (χ4n) is 3.18. The van der Waals surface area contributed by atoms with E-state index in [2.05, 4.69) is 5.16 Å². The van der Waals surface area contributed by atoms with Crippen molar-refractivity contribution >= 4 is 22.6 Å². The van der Waals surface area contributed by atoms with Crippen LogP contribution in [0.4, 0.5) is 0 Å². The van der Waals surface area contributed by atoms with Crippen LogP contribution in [0, 0.1) is 0 Å². The Morgan fingerprint density at radius 1 is 1.40 bits per heavy atom. The third-order valence-corrected chi connectivity index (χ3v) is 4.38. The van der Waals surface area contributed by atoms with Crippen LogP contribution in [0.15, 0.2) is 35.5 Å². The maximum absolute atomic E-state index is 11.8. The fourth-order valence-corrected chi connectivity index (χ4v) is 3.18. The Labute approximate surface area is 144 Å². The summed E-state index contributed by atoms with van der Waals surface area (Å²) in [5.41, 5.74) is 2.55. The number of aromatic nitrogens is 1. The first-order valence-electron chi connectivity index (χ1n) is 8.20. The van der Waals surface area contributed by atoms with Gasteiger partial charge in [-0.2, -0.15) is 0 Å². The third kappa shape index (κ3) is 2.56. The highest BCUT2D eigenvalue weighted by atomic mass is 16.8. The molecule has 25 heavy (non-hydrogen) atoms. The van der Waals surface area contributed by atoms with E-state index in [0.717, 1.165) is 16.5 Å². The van der Waals surface area contributed by atoms with Crippen LogP contribution in [0.5, 0.6) is 0 Å². The minimum atomic E-state index is -1.14. The van der Waals surface area contributed by atoms with Crippen molar-refractivity contribution in [3.8, 4) is 0 Å². The summed E-state index contributed by atoms with van der Waals surface area (Å²) in [5, 5.41) is 4.95. The van der Waals surface area contributed by atoms with E-state index >= 15 is 0 Å². The number of carbonyl (C=O) groups is 1. The van der Waals surface area contributed by atoms with Crippen molar-refractivity contribution in [3.63, 3.8) is 0 Å². The van der Waals surface area contributed by atoms with Gasteiger partial charge in [0.1, 0.15) is 5.69 Å². The fraction of sp³-hybridized carbons (Fsp3) is 0.389. The number of hydrogen-bond donors (Lipinski definition) is 0. The molecular formula is C18H18N2O5. The third-order valence-electron chi connectivity index (χ3n) is 4.38. The number of fused-ring (bicyclic) bond motifs is 3. The van der Waals surface area contributed by atoms with Gasteiger partial charge in [0.2, 0.25) is 0 Å². The van der Waals surface area contributed by atoms with E-state index in [1.165, 1.54) is 0 Å². The first kappa shape index (κ1) is 16.0. The number of ether oxygens (including phenoxy) is 3. The molecule has 7 heteroatoms. The molecule has 1 spiro atoms. The van der Waals surface area contributed by atoms with Gasteiger partial charge in [-0.3, -0.25) is 4.74 Å². The highest BCUT2D eigenvalue weighted by Crippen LogP contribution is 2.48. The molecule has 130 valence electrons. The number of esters is 1. The zero-order valence-electron chi connectivity index (χ0n) is 14.0. The van der Waals surface area contributed by atoms with Crippen LogP contribution in [0.3, 0.4) is 0 Å². The lowest BCUT2D eigenvalue weighted by atomic mass is 10.00. The molecule has 4 rings (SSSR count). The molecule has 2 aliphatic heterocycles. The summed E-state index contributed by atoms with van der Waals surface area (Å²) in [6.45, 7) is 2.04. The first-order valence-corrected chi connectivity index (χ1v) is 8.20. The van der Waals surface area contributed by atoms with Gasteiger partial charge in [0, 0.05) is 30.9 Å². The first-order chi connectivity index (χ1) is 12.2. The van der Waals surface area contributed by atoms with E-state index in [1.807, 2.05) is 30.3 Å². The van der Waals surface area contributed by atoms with Crippen LogP contribution in [-0.2, 0) is 29.6 Å². The summed E-state index contributed by atoms with van der Waals surface area (Å²) < 4.78 is 16.4. The number of benzene rings is 1. The number of rotatable bonds is 3.